The molecule has 29 heavy (non-hydrogen) atoms. The monoisotopic (exact) mass is 401 g/mol. The van der Waals surface area contributed by atoms with Gasteiger partial charge in [-0.25, -0.2) is 0 Å². The van der Waals surface area contributed by atoms with Crippen LogP contribution in [0.4, 0.5) is 5.69 Å². The zero-order chi connectivity index (χ0) is 21.3. The third-order valence-electron chi connectivity index (χ3n) is 5.40. The molecule has 1 fully saturated rings. The molecule has 0 radical (unpaired) electrons. The van der Waals surface area contributed by atoms with Gasteiger partial charge in [0.05, 0.1) is 0 Å². The molecule has 1 aromatic carbocycles. The number of ketones is 1. The van der Waals surface area contributed by atoms with Gasteiger partial charge in [-0.1, -0.05) is 17.7 Å². The summed E-state index contributed by atoms with van der Waals surface area (Å²) >= 11 is 0. The number of carbonyl (C=O) groups excluding carboxylic acids is 3. The van der Waals surface area contributed by atoms with Crippen LogP contribution in [-0.2, 0) is 28.6 Å². The largest absolute Gasteiger partial charge is 0.463 e. The number of anilines is 1. The Morgan fingerprint density at radius 3 is 2.28 bits per heavy atom. The number of aryl methyl sites for hydroxylation is 1. The Labute approximate surface area is 170 Å². The molecule has 2 aliphatic rings. The molecular weight excluding hydrogens is 374 g/mol. The van der Waals surface area contributed by atoms with E-state index in [0.717, 1.165) is 16.9 Å². The fourth-order valence-electron chi connectivity index (χ4n) is 4.27. The van der Waals surface area contributed by atoms with Crippen LogP contribution in [0, 0.1) is 12.8 Å². The molecule has 2 bridgehead atoms. The van der Waals surface area contributed by atoms with E-state index in [1.165, 1.54) is 20.8 Å². The molecule has 7 nitrogen and oxygen atoms in total. The summed E-state index contributed by atoms with van der Waals surface area (Å²) in [6, 6.07) is 7.98. The van der Waals surface area contributed by atoms with E-state index in [1.807, 2.05) is 43.0 Å². The van der Waals surface area contributed by atoms with Crippen molar-refractivity contribution in [2.75, 3.05) is 11.5 Å². The van der Waals surface area contributed by atoms with Gasteiger partial charge in [-0.3, -0.25) is 14.4 Å². The number of benzene rings is 1. The molecule has 2 unspecified atom stereocenters. The minimum atomic E-state index is -0.697. The van der Waals surface area contributed by atoms with Crippen molar-refractivity contribution in [2.45, 2.75) is 59.5 Å². The summed E-state index contributed by atoms with van der Waals surface area (Å²) in [6.07, 6.45) is -1.23. The maximum absolute atomic E-state index is 12.6. The summed E-state index contributed by atoms with van der Waals surface area (Å²) in [5, 5.41) is 0. The van der Waals surface area contributed by atoms with E-state index in [9.17, 15) is 14.4 Å². The number of rotatable bonds is 5. The lowest BCUT2D eigenvalue weighted by Gasteiger charge is -2.50. The number of esters is 2. The Morgan fingerprint density at radius 2 is 1.72 bits per heavy atom. The average Bonchev–Trinajstić information content (AvgIpc) is 2.63. The first-order valence-electron chi connectivity index (χ1n) is 9.72. The standard InChI is InChI=1S/C22H27NO6/c1-12-6-8-17(9-7-12)23-13(2)21(14(3)24)18-10-20(23)29-19(11-27-15(4)25)22(18)28-16(5)26/h6-9,18-20,22H,10-11H2,1-5H3/t18?,19-,20?,22+/m1/s1. The molecular formula is C22H27NO6. The molecule has 0 aliphatic carbocycles. The van der Waals surface area contributed by atoms with Crippen molar-refractivity contribution in [1.82, 2.24) is 0 Å². The summed E-state index contributed by atoms with van der Waals surface area (Å²) < 4.78 is 17.0. The predicted octanol–water partition coefficient (Wildman–Crippen LogP) is 2.90. The van der Waals surface area contributed by atoms with Crippen LogP contribution in [0.15, 0.2) is 35.5 Å². The highest BCUT2D eigenvalue weighted by Crippen LogP contribution is 2.43. The van der Waals surface area contributed by atoms with Gasteiger partial charge < -0.3 is 19.1 Å². The van der Waals surface area contributed by atoms with Gasteiger partial charge in [0.1, 0.15) is 25.0 Å². The van der Waals surface area contributed by atoms with Crippen LogP contribution in [0.25, 0.3) is 0 Å². The molecule has 0 N–H and O–H groups in total. The second-order valence-corrected chi connectivity index (χ2v) is 7.61. The van der Waals surface area contributed by atoms with Crippen molar-refractivity contribution in [2.24, 2.45) is 5.92 Å². The van der Waals surface area contributed by atoms with Gasteiger partial charge >= 0.3 is 11.9 Å². The molecule has 0 spiro atoms. The summed E-state index contributed by atoms with van der Waals surface area (Å²) in [6.45, 7) is 8.00. The molecule has 0 aromatic heterocycles. The van der Waals surface area contributed by atoms with E-state index in [1.54, 1.807) is 0 Å². The van der Waals surface area contributed by atoms with E-state index >= 15 is 0 Å². The molecule has 4 atom stereocenters. The lowest BCUT2D eigenvalue weighted by Crippen LogP contribution is -2.58. The van der Waals surface area contributed by atoms with Crippen LogP contribution in [0.3, 0.4) is 0 Å². The van der Waals surface area contributed by atoms with Gasteiger partial charge in [-0.15, -0.1) is 0 Å². The molecule has 7 heteroatoms. The van der Waals surface area contributed by atoms with Crippen LogP contribution in [0.1, 0.15) is 39.7 Å². The van der Waals surface area contributed by atoms with Gasteiger partial charge in [-0.2, -0.15) is 0 Å². The number of ether oxygens (including phenoxy) is 3. The number of nitrogens with zero attached hydrogens (tertiary/aromatic N) is 1. The SMILES string of the molecule is CC(=O)OC[C@H]1OC2CC(C(C(C)=O)=C(C)N2c2ccc(C)cc2)[C@@H]1OC(C)=O. The zero-order valence-electron chi connectivity index (χ0n) is 17.4. The van der Waals surface area contributed by atoms with Crippen LogP contribution >= 0.6 is 0 Å². The van der Waals surface area contributed by atoms with Crippen LogP contribution in [0.5, 0.6) is 0 Å². The second-order valence-electron chi connectivity index (χ2n) is 7.61. The Kier molecular flexibility index (Phi) is 6.07. The number of Topliss-reactive ketones (excluding diaryl/α,β-unsaturated/α-hetero) is 1. The summed E-state index contributed by atoms with van der Waals surface area (Å²) in [7, 11) is 0. The number of allylic oxidation sites excluding steroid dienone is 1. The highest BCUT2D eigenvalue weighted by molar-refractivity contribution is 5.96. The Balaban J connectivity index is 2.05. The van der Waals surface area contributed by atoms with E-state index < -0.39 is 24.1 Å². The van der Waals surface area contributed by atoms with Crippen LogP contribution < -0.4 is 4.90 Å². The van der Waals surface area contributed by atoms with E-state index in [0.29, 0.717) is 12.0 Å². The quantitative estimate of drug-likeness (QED) is 0.702. The molecule has 0 amide bonds. The highest BCUT2D eigenvalue weighted by Gasteiger charge is 2.49. The van der Waals surface area contributed by atoms with E-state index in [4.69, 9.17) is 14.2 Å². The molecule has 3 rings (SSSR count). The van der Waals surface area contributed by atoms with Crippen molar-refractivity contribution in [3.05, 3.63) is 41.1 Å². The summed E-state index contributed by atoms with van der Waals surface area (Å²) in [5.41, 5.74) is 3.44. The maximum atomic E-state index is 12.6. The molecule has 1 saturated heterocycles. The van der Waals surface area contributed by atoms with Crippen molar-refractivity contribution < 1.29 is 28.6 Å². The van der Waals surface area contributed by atoms with E-state index in [2.05, 4.69) is 0 Å². The van der Waals surface area contributed by atoms with Crippen molar-refractivity contribution in [3.63, 3.8) is 0 Å². The molecule has 2 heterocycles. The predicted molar refractivity (Wildman–Crippen MR) is 106 cm³/mol. The molecule has 156 valence electrons. The van der Waals surface area contributed by atoms with Gasteiger partial charge in [0.15, 0.2) is 5.78 Å². The Morgan fingerprint density at radius 1 is 1.07 bits per heavy atom. The lowest BCUT2D eigenvalue weighted by atomic mass is 9.78. The van der Waals surface area contributed by atoms with Gasteiger partial charge in [-0.05, 0) is 32.9 Å². The molecule has 2 aliphatic heterocycles. The van der Waals surface area contributed by atoms with E-state index in [-0.39, 0.29) is 24.5 Å². The molecule has 0 saturated carbocycles. The highest BCUT2D eigenvalue weighted by atomic mass is 16.6. The second kappa shape index (κ2) is 8.37. The first-order valence-corrected chi connectivity index (χ1v) is 9.72. The lowest BCUT2D eigenvalue weighted by molar-refractivity contribution is -0.192. The third-order valence-corrected chi connectivity index (χ3v) is 5.40. The first kappa shape index (κ1) is 21.0. The van der Waals surface area contributed by atoms with Crippen molar-refractivity contribution in [3.8, 4) is 0 Å². The first-order chi connectivity index (χ1) is 13.7. The zero-order valence-corrected chi connectivity index (χ0v) is 17.4. The van der Waals surface area contributed by atoms with Gasteiger partial charge in [0.2, 0.25) is 0 Å². The number of hydrogen-bond acceptors (Lipinski definition) is 7. The fourth-order valence-corrected chi connectivity index (χ4v) is 4.27. The summed E-state index contributed by atoms with van der Waals surface area (Å²) in [5.74, 6) is -1.31. The van der Waals surface area contributed by atoms with Crippen molar-refractivity contribution >= 4 is 23.4 Å². The van der Waals surface area contributed by atoms with Gasteiger partial charge in [0.25, 0.3) is 0 Å². The van der Waals surface area contributed by atoms with Gasteiger partial charge in [0, 0.05) is 43.1 Å². The Bertz CT molecular complexity index is 843. The summed E-state index contributed by atoms with van der Waals surface area (Å²) in [4.78, 5) is 37.7. The minimum Gasteiger partial charge on any atom is -0.463 e. The maximum Gasteiger partial charge on any atom is 0.303 e. The van der Waals surface area contributed by atoms with Crippen LogP contribution in [0.2, 0.25) is 0 Å². The van der Waals surface area contributed by atoms with Crippen LogP contribution in [-0.4, -0.2) is 42.8 Å². The minimum absolute atomic E-state index is 0.0494. The average molecular weight is 401 g/mol. The third kappa shape index (κ3) is 4.34. The van der Waals surface area contributed by atoms with Crippen molar-refractivity contribution in [1.29, 1.82) is 0 Å². The Hall–Kier alpha value is -2.67. The normalized spacial score (nSPS) is 26.2. The topological polar surface area (TPSA) is 82.1 Å². The number of fused-ring (bicyclic) bond motifs is 2. The fraction of sp³-hybridized carbons (Fsp3) is 0.500. The number of carbonyl (C=O) groups is 3. The number of hydrogen-bond donors (Lipinski definition) is 0. The smallest absolute Gasteiger partial charge is 0.303 e. The molecule has 1 aromatic rings.